The SMILES string of the molecule is Cc1nc2c3ccccc3nc(Nc3cccc(N4CCN(CC5CC5)CC4)c3)n2n1. The van der Waals surface area contributed by atoms with Gasteiger partial charge in [0.15, 0.2) is 5.65 Å². The molecule has 0 spiro atoms. The number of nitrogens with zero attached hydrogens (tertiary/aromatic N) is 6. The van der Waals surface area contributed by atoms with Gasteiger partial charge in [-0.15, -0.1) is 5.10 Å². The Balaban J connectivity index is 1.26. The molecule has 0 amide bonds. The molecule has 7 nitrogen and oxygen atoms in total. The molecule has 4 aromatic rings. The number of aromatic nitrogens is 4. The molecule has 158 valence electrons. The van der Waals surface area contributed by atoms with Gasteiger partial charge in [-0.25, -0.2) is 9.97 Å². The van der Waals surface area contributed by atoms with Crippen LogP contribution in [0.1, 0.15) is 18.7 Å². The number of hydrogen-bond acceptors (Lipinski definition) is 6. The summed E-state index contributed by atoms with van der Waals surface area (Å²) in [6.45, 7) is 7.66. The molecule has 1 aliphatic carbocycles. The number of rotatable bonds is 5. The summed E-state index contributed by atoms with van der Waals surface area (Å²) in [4.78, 5) is 14.6. The Morgan fingerprint density at radius 1 is 0.968 bits per heavy atom. The van der Waals surface area contributed by atoms with E-state index < -0.39 is 0 Å². The van der Waals surface area contributed by atoms with Gasteiger partial charge in [-0.1, -0.05) is 18.2 Å². The second-order valence-electron chi connectivity index (χ2n) is 8.75. The van der Waals surface area contributed by atoms with Crippen LogP contribution >= 0.6 is 0 Å². The van der Waals surface area contributed by atoms with Crippen molar-refractivity contribution in [3.8, 4) is 0 Å². The molecule has 2 aliphatic rings. The van der Waals surface area contributed by atoms with Gasteiger partial charge in [-0.2, -0.15) is 4.52 Å². The minimum absolute atomic E-state index is 0.681. The first-order chi connectivity index (χ1) is 15.2. The largest absolute Gasteiger partial charge is 0.369 e. The van der Waals surface area contributed by atoms with Crippen molar-refractivity contribution in [3.63, 3.8) is 0 Å². The van der Waals surface area contributed by atoms with Gasteiger partial charge in [0.1, 0.15) is 5.82 Å². The molecular weight excluding hydrogens is 386 g/mol. The van der Waals surface area contributed by atoms with Crippen LogP contribution in [0.5, 0.6) is 0 Å². The Morgan fingerprint density at radius 2 is 1.81 bits per heavy atom. The first-order valence-electron chi connectivity index (χ1n) is 11.2. The number of anilines is 3. The van der Waals surface area contributed by atoms with E-state index in [1.807, 2.05) is 31.2 Å². The molecule has 0 atom stereocenters. The zero-order valence-corrected chi connectivity index (χ0v) is 17.8. The number of nitrogens with one attached hydrogen (secondary N) is 1. The van der Waals surface area contributed by atoms with Crippen molar-refractivity contribution in [2.75, 3.05) is 42.9 Å². The lowest BCUT2D eigenvalue weighted by molar-refractivity contribution is 0.248. The van der Waals surface area contributed by atoms with Gasteiger partial charge < -0.3 is 10.2 Å². The van der Waals surface area contributed by atoms with Crippen LogP contribution in [-0.2, 0) is 0 Å². The quantitative estimate of drug-likeness (QED) is 0.536. The van der Waals surface area contributed by atoms with E-state index in [0.29, 0.717) is 5.95 Å². The van der Waals surface area contributed by atoms with E-state index in [1.54, 1.807) is 4.52 Å². The number of benzene rings is 2. The van der Waals surface area contributed by atoms with Crippen LogP contribution in [0.15, 0.2) is 48.5 Å². The smallest absolute Gasteiger partial charge is 0.231 e. The van der Waals surface area contributed by atoms with Gasteiger partial charge in [0.25, 0.3) is 0 Å². The van der Waals surface area contributed by atoms with E-state index in [0.717, 1.165) is 60.2 Å². The summed E-state index contributed by atoms with van der Waals surface area (Å²) < 4.78 is 1.81. The molecule has 6 rings (SSSR count). The Hall–Kier alpha value is -3.19. The van der Waals surface area contributed by atoms with Crippen LogP contribution in [0.3, 0.4) is 0 Å². The summed E-state index contributed by atoms with van der Waals surface area (Å²) in [6, 6.07) is 16.7. The number of piperazine rings is 1. The van der Waals surface area contributed by atoms with E-state index in [2.05, 4.69) is 49.5 Å². The van der Waals surface area contributed by atoms with Crippen LogP contribution in [0.2, 0.25) is 0 Å². The van der Waals surface area contributed by atoms with Gasteiger partial charge in [0.05, 0.1) is 5.52 Å². The van der Waals surface area contributed by atoms with Crippen molar-refractivity contribution >= 4 is 33.9 Å². The van der Waals surface area contributed by atoms with Crippen LogP contribution in [0.25, 0.3) is 16.6 Å². The molecule has 1 N–H and O–H groups in total. The molecule has 0 radical (unpaired) electrons. The fraction of sp³-hybridized carbons (Fsp3) is 0.375. The number of para-hydroxylation sites is 1. The van der Waals surface area contributed by atoms with Crippen molar-refractivity contribution in [2.24, 2.45) is 5.92 Å². The molecule has 2 aromatic heterocycles. The average Bonchev–Trinajstić information content (AvgIpc) is 3.52. The third-order valence-corrected chi connectivity index (χ3v) is 6.34. The summed E-state index contributed by atoms with van der Waals surface area (Å²) >= 11 is 0. The van der Waals surface area contributed by atoms with Crippen molar-refractivity contribution in [1.29, 1.82) is 0 Å². The van der Waals surface area contributed by atoms with Crippen LogP contribution < -0.4 is 10.2 Å². The zero-order chi connectivity index (χ0) is 20.8. The Bertz CT molecular complexity index is 1240. The molecule has 1 saturated carbocycles. The second kappa shape index (κ2) is 7.50. The summed E-state index contributed by atoms with van der Waals surface area (Å²) in [5, 5.41) is 9.07. The average molecular weight is 414 g/mol. The van der Waals surface area contributed by atoms with Crippen LogP contribution in [0.4, 0.5) is 17.3 Å². The minimum atomic E-state index is 0.681. The molecule has 1 saturated heterocycles. The molecular formula is C24H27N7. The maximum absolute atomic E-state index is 4.83. The first kappa shape index (κ1) is 18.6. The number of aryl methyl sites for hydroxylation is 1. The first-order valence-corrected chi connectivity index (χ1v) is 11.2. The number of hydrogen-bond donors (Lipinski definition) is 1. The van der Waals surface area contributed by atoms with Gasteiger partial charge in [0, 0.05) is 49.5 Å². The molecule has 1 aliphatic heterocycles. The van der Waals surface area contributed by atoms with Gasteiger partial charge in [0.2, 0.25) is 5.95 Å². The van der Waals surface area contributed by atoms with E-state index in [4.69, 9.17) is 4.98 Å². The maximum Gasteiger partial charge on any atom is 0.231 e. The summed E-state index contributed by atoms with van der Waals surface area (Å²) in [6.07, 6.45) is 2.85. The molecule has 2 aromatic carbocycles. The fourth-order valence-electron chi connectivity index (χ4n) is 4.50. The summed E-state index contributed by atoms with van der Waals surface area (Å²) in [5.74, 6) is 2.38. The predicted molar refractivity (Wildman–Crippen MR) is 124 cm³/mol. The fourth-order valence-corrected chi connectivity index (χ4v) is 4.50. The monoisotopic (exact) mass is 413 g/mol. The molecule has 2 fully saturated rings. The van der Waals surface area contributed by atoms with E-state index >= 15 is 0 Å². The van der Waals surface area contributed by atoms with Crippen LogP contribution in [-0.4, -0.2) is 57.2 Å². The molecule has 0 bridgehead atoms. The molecule has 31 heavy (non-hydrogen) atoms. The highest BCUT2D eigenvalue weighted by molar-refractivity contribution is 5.92. The van der Waals surface area contributed by atoms with Gasteiger partial charge in [-0.3, -0.25) is 4.90 Å². The lowest BCUT2D eigenvalue weighted by Gasteiger charge is -2.36. The normalized spacial score (nSPS) is 17.5. The van der Waals surface area contributed by atoms with Crippen LogP contribution in [0, 0.1) is 12.8 Å². The Kier molecular flexibility index (Phi) is 4.49. The minimum Gasteiger partial charge on any atom is -0.369 e. The highest BCUT2D eigenvalue weighted by atomic mass is 15.4. The van der Waals surface area contributed by atoms with E-state index in [9.17, 15) is 0 Å². The second-order valence-corrected chi connectivity index (χ2v) is 8.75. The Morgan fingerprint density at radius 3 is 2.65 bits per heavy atom. The van der Waals surface area contributed by atoms with Crippen molar-refractivity contribution in [3.05, 3.63) is 54.4 Å². The maximum atomic E-state index is 4.83. The lowest BCUT2D eigenvalue weighted by atomic mass is 10.2. The predicted octanol–water partition coefficient (Wildman–Crippen LogP) is 3.86. The zero-order valence-electron chi connectivity index (χ0n) is 17.8. The highest BCUT2D eigenvalue weighted by Crippen LogP contribution is 2.30. The van der Waals surface area contributed by atoms with E-state index in [1.165, 1.54) is 25.1 Å². The highest BCUT2D eigenvalue weighted by Gasteiger charge is 2.26. The number of fused-ring (bicyclic) bond motifs is 3. The topological polar surface area (TPSA) is 61.6 Å². The summed E-state index contributed by atoms with van der Waals surface area (Å²) in [7, 11) is 0. The van der Waals surface area contributed by atoms with Crippen molar-refractivity contribution in [1.82, 2.24) is 24.5 Å². The van der Waals surface area contributed by atoms with Crippen molar-refractivity contribution in [2.45, 2.75) is 19.8 Å². The van der Waals surface area contributed by atoms with Gasteiger partial charge >= 0.3 is 0 Å². The van der Waals surface area contributed by atoms with E-state index in [-0.39, 0.29) is 0 Å². The third-order valence-electron chi connectivity index (χ3n) is 6.34. The lowest BCUT2D eigenvalue weighted by Crippen LogP contribution is -2.47. The van der Waals surface area contributed by atoms with Crippen molar-refractivity contribution < 1.29 is 0 Å². The molecule has 3 heterocycles. The third kappa shape index (κ3) is 3.70. The summed E-state index contributed by atoms with van der Waals surface area (Å²) in [5.41, 5.74) is 4.00. The van der Waals surface area contributed by atoms with Gasteiger partial charge in [-0.05, 0) is 56.0 Å². The standard InChI is InChI=1S/C24H27N7/c1-17-25-23-21-7-2-3-8-22(21)27-24(31(23)28-17)26-19-5-4-6-20(15-19)30-13-11-29(12-14-30)16-18-9-10-18/h2-8,15,18H,9-14,16H2,1H3,(H,26,27). The Labute approximate surface area is 181 Å². The molecule has 7 heteroatoms. The molecule has 0 unspecified atom stereocenters.